The van der Waals surface area contributed by atoms with Crippen LogP contribution in [0.15, 0.2) is 11.6 Å². The molecule has 0 aliphatic carbocycles. The van der Waals surface area contributed by atoms with Crippen molar-refractivity contribution in [1.29, 1.82) is 0 Å². The molecule has 0 amide bonds. The third-order valence-corrected chi connectivity index (χ3v) is 4.27. The molecule has 20 heavy (non-hydrogen) atoms. The lowest BCUT2D eigenvalue weighted by Gasteiger charge is -2.23. The summed E-state index contributed by atoms with van der Waals surface area (Å²) >= 11 is 0. The van der Waals surface area contributed by atoms with E-state index in [1.807, 2.05) is 0 Å². The molecule has 0 atom stereocenters. The number of esters is 1. The predicted octanol–water partition coefficient (Wildman–Crippen LogP) is 3.93. The van der Waals surface area contributed by atoms with Crippen molar-refractivity contribution in [2.75, 3.05) is 6.16 Å². The van der Waals surface area contributed by atoms with Crippen LogP contribution in [0.4, 0.5) is 0 Å². The Bertz CT molecular complexity index is 371. The zero-order chi connectivity index (χ0) is 15.9. The molecule has 0 fully saturated rings. The Balaban J connectivity index is 4.84. The molecule has 0 unspecified atom stereocenters. The highest BCUT2D eigenvalue weighted by Gasteiger charge is 2.28. The molecular weight excluding hydrogens is 279 g/mol. The molecule has 0 aliphatic rings. The minimum Gasteiger partial charge on any atom is -0.460 e. The summed E-state index contributed by atoms with van der Waals surface area (Å²) in [6, 6.07) is 0. The Morgan fingerprint density at radius 2 is 1.45 bits per heavy atom. The van der Waals surface area contributed by atoms with Crippen LogP contribution in [-0.2, 0) is 23.1 Å². The van der Waals surface area contributed by atoms with Crippen molar-refractivity contribution in [2.24, 2.45) is 0 Å². The monoisotopic (exact) mass is 306 g/mol. The van der Waals surface area contributed by atoms with Crippen molar-refractivity contribution in [2.45, 2.75) is 66.8 Å². The van der Waals surface area contributed by atoms with Gasteiger partial charge < -0.3 is 13.8 Å². The minimum absolute atomic E-state index is 0.0799. The van der Waals surface area contributed by atoms with Gasteiger partial charge in [0.2, 0.25) is 0 Å². The maximum absolute atomic E-state index is 12.6. The Kier molecular flexibility index (Phi) is 8.33. The van der Waals surface area contributed by atoms with Gasteiger partial charge in [0, 0.05) is 6.08 Å². The van der Waals surface area contributed by atoms with E-state index in [2.05, 4.69) is 0 Å². The maximum atomic E-state index is 12.6. The SMILES string of the molecule is C/C(=C\C(=O)OC(C)C)CP(=O)(OC(C)C)OC(C)C. The lowest BCUT2D eigenvalue weighted by atomic mass is 10.3. The molecule has 0 saturated carbocycles. The molecular formula is C14H27O5P. The van der Waals surface area contributed by atoms with Gasteiger partial charge in [-0.25, -0.2) is 4.79 Å². The van der Waals surface area contributed by atoms with Crippen LogP contribution in [0.1, 0.15) is 48.5 Å². The van der Waals surface area contributed by atoms with Gasteiger partial charge >= 0.3 is 13.6 Å². The standard InChI is InChI=1S/C14H27O5P/c1-10(2)17-14(15)8-13(7)9-20(16,18-11(3)4)19-12(5)6/h8,10-12H,9H2,1-7H3/b13-8+. The molecule has 0 aliphatic heterocycles. The van der Waals surface area contributed by atoms with Gasteiger partial charge in [0.25, 0.3) is 0 Å². The van der Waals surface area contributed by atoms with Gasteiger partial charge in [-0.3, -0.25) is 4.57 Å². The molecule has 0 aromatic rings. The van der Waals surface area contributed by atoms with Gasteiger partial charge in [-0.2, -0.15) is 0 Å². The van der Waals surface area contributed by atoms with Crippen LogP contribution in [-0.4, -0.2) is 30.4 Å². The summed E-state index contributed by atoms with van der Waals surface area (Å²) in [5, 5.41) is 0. The quantitative estimate of drug-likeness (QED) is 0.386. The molecule has 0 bridgehead atoms. The van der Waals surface area contributed by atoms with Crippen LogP contribution >= 0.6 is 7.60 Å². The highest BCUT2D eigenvalue weighted by Crippen LogP contribution is 2.51. The minimum atomic E-state index is -3.25. The van der Waals surface area contributed by atoms with Gasteiger partial charge in [-0.1, -0.05) is 5.57 Å². The third kappa shape index (κ3) is 9.29. The normalized spacial score (nSPS) is 13.4. The van der Waals surface area contributed by atoms with Crippen molar-refractivity contribution in [3.05, 3.63) is 11.6 Å². The Morgan fingerprint density at radius 3 is 1.80 bits per heavy atom. The Hall–Kier alpha value is -0.640. The number of hydrogen-bond donors (Lipinski definition) is 0. The van der Waals surface area contributed by atoms with Crippen LogP contribution in [0, 0.1) is 0 Å². The molecule has 0 spiro atoms. The van der Waals surface area contributed by atoms with E-state index in [-0.39, 0.29) is 24.5 Å². The largest absolute Gasteiger partial charge is 0.460 e. The number of rotatable bonds is 8. The van der Waals surface area contributed by atoms with Crippen molar-refractivity contribution >= 4 is 13.6 Å². The highest BCUT2D eigenvalue weighted by atomic mass is 31.2. The van der Waals surface area contributed by atoms with Gasteiger partial charge in [-0.15, -0.1) is 0 Å². The van der Waals surface area contributed by atoms with Crippen molar-refractivity contribution in [3.63, 3.8) is 0 Å². The second kappa shape index (κ2) is 8.60. The smallest absolute Gasteiger partial charge is 0.335 e. The number of hydrogen-bond acceptors (Lipinski definition) is 5. The van der Waals surface area contributed by atoms with E-state index in [0.717, 1.165) is 0 Å². The zero-order valence-corrected chi connectivity index (χ0v) is 14.4. The van der Waals surface area contributed by atoms with Crippen LogP contribution in [0.3, 0.4) is 0 Å². The summed E-state index contributed by atoms with van der Waals surface area (Å²) in [7, 11) is -3.25. The van der Waals surface area contributed by atoms with E-state index < -0.39 is 13.6 Å². The van der Waals surface area contributed by atoms with Crippen molar-refractivity contribution in [3.8, 4) is 0 Å². The van der Waals surface area contributed by atoms with Crippen LogP contribution in [0.2, 0.25) is 0 Å². The summed E-state index contributed by atoms with van der Waals surface area (Å²) in [5.41, 5.74) is 0.611. The highest BCUT2D eigenvalue weighted by molar-refractivity contribution is 7.54. The van der Waals surface area contributed by atoms with Gasteiger partial charge in [0.1, 0.15) is 0 Å². The summed E-state index contributed by atoms with van der Waals surface area (Å²) in [5.74, 6) is -0.446. The van der Waals surface area contributed by atoms with Crippen LogP contribution in [0.5, 0.6) is 0 Å². The second-order valence-electron chi connectivity index (χ2n) is 5.55. The molecule has 118 valence electrons. The average molecular weight is 306 g/mol. The van der Waals surface area contributed by atoms with Gasteiger partial charge in [0.15, 0.2) is 0 Å². The van der Waals surface area contributed by atoms with E-state index >= 15 is 0 Å². The summed E-state index contributed by atoms with van der Waals surface area (Å²) in [6.07, 6.45) is 0.804. The average Bonchev–Trinajstić information content (AvgIpc) is 2.09. The summed E-state index contributed by atoms with van der Waals surface area (Å²) in [6.45, 7) is 12.4. The molecule has 0 heterocycles. The van der Waals surface area contributed by atoms with Gasteiger partial charge in [0.05, 0.1) is 24.5 Å². The first-order valence-electron chi connectivity index (χ1n) is 6.87. The molecule has 0 aromatic carbocycles. The van der Waals surface area contributed by atoms with E-state index in [0.29, 0.717) is 5.57 Å². The first-order valence-corrected chi connectivity index (χ1v) is 8.60. The molecule has 5 nitrogen and oxygen atoms in total. The Morgan fingerprint density at radius 1 is 1.00 bits per heavy atom. The number of carbonyl (C=O) groups is 1. The van der Waals surface area contributed by atoms with E-state index in [4.69, 9.17) is 13.8 Å². The summed E-state index contributed by atoms with van der Waals surface area (Å²) in [4.78, 5) is 11.5. The fourth-order valence-corrected chi connectivity index (χ4v) is 3.75. The number of allylic oxidation sites excluding steroid dienone is 1. The predicted molar refractivity (Wildman–Crippen MR) is 79.9 cm³/mol. The molecule has 0 N–H and O–H groups in total. The fraction of sp³-hybridized carbons (Fsp3) is 0.786. The number of carbonyl (C=O) groups excluding carboxylic acids is 1. The van der Waals surface area contributed by atoms with Crippen molar-refractivity contribution < 1.29 is 23.1 Å². The molecule has 0 saturated heterocycles. The fourth-order valence-electron chi connectivity index (χ4n) is 1.56. The first-order chi connectivity index (χ1) is 9.04. The third-order valence-electron chi connectivity index (χ3n) is 1.90. The van der Waals surface area contributed by atoms with Crippen LogP contribution < -0.4 is 0 Å². The summed E-state index contributed by atoms with van der Waals surface area (Å²) < 4.78 is 28.5. The molecule has 0 rings (SSSR count). The van der Waals surface area contributed by atoms with Crippen LogP contribution in [0.25, 0.3) is 0 Å². The topological polar surface area (TPSA) is 61.8 Å². The lowest BCUT2D eigenvalue weighted by Crippen LogP contribution is -2.12. The molecule has 0 radical (unpaired) electrons. The van der Waals surface area contributed by atoms with E-state index in [1.165, 1.54) is 6.08 Å². The van der Waals surface area contributed by atoms with Gasteiger partial charge in [-0.05, 0) is 48.5 Å². The van der Waals surface area contributed by atoms with E-state index in [9.17, 15) is 9.36 Å². The lowest BCUT2D eigenvalue weighted by molar-refractivity contribution is -0.141. The van der Waals surface area contributed by atoms with E-state index in [1.54, 1.807) is 48.5 Å². The second-order valence-corrected chi connectivity index (χ2v) is 7.51. The number of ether oxygens (including phenoxy) is 1. The molecule has 0 aromatic heterocycles. The zero-order valence-electron chi connectivity index (χ0n) is 13.5. The van der Waals surface area contributed by atoms with Crippen molar-refractivity contribution in [1.82, 2.24) is 0 Å². The maximum Gasteiger partial charge on any atom is 0.335 e. The first kappa shape index (κ1) is 19.4. The Labute approximate surface area is 122 Å². The molecule has 6 heteroatoms.